The Bertz CT molecular complexity index is 986. The van der Waals surface area contributed by atoms with Crippen molar-refractivity contribution in [2.24, 2.45) is 5.92 Å². The first-order chi connectivity index (χ1) is 12.9. The minimum absolute atomic E-state index is 0.0326. The molecule has 0 fully saturated rings. The maximum atomic E-state index is 11.1. The summed E-state index contributed by atoms with van der Waals surface area (Å²) < 4.78 is 2.34. The summed E-state index contributed by atoms with van der Waals surface area (Å²) in [6.07, 6.45) is 1.06. The molecular formula is C21H23N3O2S. The number of aromatic carboxylic acids is 1. The Hall–Kier alpha value is -2.73. The molecule has 2 aromatic carbocycles. The van der Waals surface area contributed by atoms with Crippen LogP contribution in [0.5, 0.6) is 0 Å². The van der Waals surface area contributed by atoms with Crippen LogP contribution in [0.25, 0.3) is 5.69 Å². The highest BCUT2D eigenvalue weighted by atomic mass is 32.1. The van der Waals surface area contributed by atoms with E-state index in [9.17, 15) is 4.79 Å². The van der Waals surface area contributed by atoms with Gasteiger partial charge in [0.2, 0.25) is 0 Å². The van der Waals surface area contributed by atoms with Gasteiger partial charge in [-0.15, -0.1) is 0 Å². The van der Waals surface area contributed by atoms with Gasteiger partial charge in [0.25, 0.3) is 0 Å². The Morgan fingerprint density at radius 3 is 2.30 bits per heavy atom. The van der Waals surface area contributed by atoms with Gasteiger partial charge in [0.15, 0.2) is 4.77 Å². The fourth-order valence-electron chi connectivity index (χ4n) is 3.17. The second-order valence-corrected chi connectivity index (χ2v) is 7.52. The first-order valence-electron chi connectivity index (χ1n) is 8.96. The third kappa shape index (κ3) is 4.17. The average molecular weight is 382 g/mol. The summed E-state index contributed by atoms with van der Waals surface area (Å²) in [5.74, 6) is 0.496. The first-order valence-corrected chi connectivity index (χ1v) is 9.37. The van der Waals surface area contributed by atoms with E-state index < -0.39 is 5.97 Å². The fourth-order valence-corrected chi connectivity index (χ4v) is 3.41. The van der Waals surface area contributed by atoms with Crippen molar-refractivity contribution in [1.29, 1.82) is 0 Å². The number of aromatic nitrogens is 3. The summed E-state index contributed by atoms with van der Waals surface area (Å²) in [5.41, 5.74) is 3.50. The van der Waals surface area contributed by atoms with Crippen LogP contribution in [0.3, 0.4) is 0 Å². The maximum absolute atomic E-state index is 11.1. The standard InChI is InChI=1S/C21H23N3O2S/c1-13(2)12-15-4-6-16(7-5-15)14(3)19-22-23-21(27)24(19)18-10-8-17(9-11-18)20(25)26/h4-11,13-14H,12H2,1-3H3,(H,23,27)(H,25,26). The highest BCUT2D eigenvalue weighted by Crippen LogP contribution is 2.26. The molecule has 27 heavy (non-hydrogen) atoms. The molecular weight excluding hydrogens is 358 g/mol. The molecule has 0 amide bonds. The minimum atomic E-state index is -0.951. The van der Waals surface area contributed by atoms with Crippen molar-refractivity contribution >= 4 is 18.2 Å². The van der Waals surface area contributed by atoms with Gasteiger partial charge in [0.1, 0.15) is 5.82 Å². The first kappa shape index (κ1) is 19.0. The number of hydrogen-bond donors (Lipinski definition) is 2. The van der Waals surface area contributed by atoms with Gasteiger partial charge in [-0.1, -0.05) is 45.0 Å². The lowest BCUT2D eigenvalue weighted by Gasteiger charge is -2.15. The number of benzene rings is 2. The lowest BCUT2D eigenvalue weighted by Crippen LogP contribution is -2.07. The molecule has 0 aliphatic heterocycles. The third-order valence-electron chi connectivity index (χ3n) is 4.58. The van der Waals surface area contributed by atoms with Crippen LogP contribution in [0, 0.1) is 10.7 Å². The maximum Gasteiger partial charge on any atom is 0.335 e. The lowest BCUT2D eigenvalue weighted by atomic mass is 9.96. The summed E-state index contributed by atoms with van der Waals surface area (Å²) >= 11 is 5.41. The van der Waals surface area contributed by atoms with Gasteiger partial charge in [-0.2, -0.15) is 5.10 Å². The Balaban J connectivity index is 1.93. The highest BCUT2D eigenvalue weighted by Gasteiger charge is 2.18. The normalized spacial score (nSPS) is 12.3. The monoisotopic (exact) mass is 381 g/mol. The van der Waals surface area contributed by atoms with Crippen LogP contribution in [0.2, 0.25) is 0 Å². The van der Waals surface area contributed by atoms with Crippen molar-refractivity contribution in [3.63, 3.8) is 0 Å². The number of nitrogens with zero attached hydrogens (tertiary/aromatic N) is 2. The van der Waals surface area contributed by atoms with Crippen molar-refractivity contribution in [3.8, 4) is 5.69 Å². The number of H-pyrrole nitrogens is 1. The van der Waals surface area contributed by atoms with Gasteiger partial charge >= 0.3 is 5.97 Å². The molecule has 5 nitrogen and oxygen atoms in total. The molecule has 1 unspecified atom stereocenters. The summed E-state index contributed by atoms with van der Waals surface area (Å²) in [5, 5.41) is 16.4. The second kappa shape index (κ2) is 7.88. The Morgan fingerprint density at radius 1 is 1.11 bits per heavy atom. The second-order valence-electron chi connectivity index (χ2n) is 7.14. The third-order valence-corrected chi connectivity index (χ3v) is 4.86. The minimum Gasteiger partial charge on any atom is -0.478 e. The number of carboxylic acids is 1. The lowest BCUT2D eigenvalue weighted by molar-refractivity contribution is 0.0697. The SMILES string of the molecule is CC(C)Cc1ccc(C(C)c2n[nH]c(=S)n2-c2ccc(C(=O)O)cc2)cc1. The van der Waals surface area contributed by atoms with Crippen LogP contribution in [0.15, 0.2) is 48.5 Å². The molecule has 1 aromatic heterocycles. The summed E-state index contributed by atoms with van der Waals surface area (Å²) in [6.45, 7) is 6.51. The summed E-state index contributed by atoms with van der Waals surface area (Å²) in [6, 6.07) is 15.2. The van der Waals surface area contributed by atoms with Crippen molar-refractivity contribution in [2.45, 2.75) is 33.1 Å². The number of carboxylic acid groups (broad SMARTS) is 1. The number of rotatable bonds is 6. The van der Waals surface area contributed by atoms with E-state index in [1.54, 1.807) is 24.3 Å². The molecule has 0 aliphatic carbocycles. The van der Waals surface area contributed by atoms with Crippen molar-refractivity contribution in [1.82, 2.24) is 14.8 Å². The summed E-state index contributed by atoms with van der Waals surface area (Å²) in [7, 11) is 0. The van der Waals surface area contributed by atoms with Crippen LogP contribution < -0.4 is 0 Å². The summed E-state index contributed by atoms with van der Waals surface area (Å²) in [4.78, 5) is 11.1. The molecule has 1 atom stereocenters. The van der Waals surface area contributed by atoms with Gasteiger partial charge in [-0.3, -0.25) is 9.67 Å². The van der Waals surface area contributed by atoms with Crippen molar-refractivity contribution < 1.29 is 9.90 Å². The molecule has 0 saturated heterocycles. The average Bonchev–Trinajstić information content (AvgIpc) is 3.03. The molecule has 3 aromatic rings. The molecule has 0 bridgehead atoms. The van der Waals surface area contributed by atoms with E-state index in [4.69, 9.17) is 17.3 Å². The van der Waals surface area contributed by atoms with E-state index in [0.29, 0.717) is 10.7 Å². The fraction of sp³-hybridized carbons (Fsp3) is 0.286. The number of hydrogen-bond acceptors (Lipinski definition) is 3. The van der Waals surface area contributed by atoms with E-state index in [1.165, 1.54) is 5.56 Å². The van der Waals surface area contributed by atoms with E-state index >= 15 is 0 Å². The van der Waals surface area contributed by atoms with E-state index in [-0.39, 0.29) is 11.5 Å². The number of nitrogens with one attached hydrogen (secondary N) is 1. The van der Waals surface area contributed by atoms with Crippen LogP contribution in [0.4, 0.5) is 0 Å². The van der Waals surface area contributed by atoms with Crippen molar-refractivity contribution in [2.75, 3.05) is 0 Å². The van der Waals surface area contributed by atoms with Crippen LogP contribution >= 0.6 is 12.2 Å². The Labute approximate surface area is 163 Å². The Morgan fingerprint density at radius 2 is 1.74 bits per heavy atom. The molecule has 1 heterocycles. The molecule has 3 rings (SSSR count). The molecule has 0 saturated carbocycles. The van der Waals surface area contributed by atoms with Crippen LogP contribution in [-0.4, -0.2) is 25.8 Å². The van der Waals surface area contributed by atoms with Gasteiger partial charge in [-0.05, 0) is 59.9 Å². The zero-order valence-electron chi connectivity index (χ0n) is 15.6. The van der Waals surface area contributed by atoms with Crippen LogP contribution in [0.1, 0.15) is 54.0 Å². The van der Waals surface area contributed by atoms with Gasteiger partial charge in [0, 0.05) is 11.6 Å². The van der Waals surface area contributed by atoms with E-state index in [1.807, 2.05) is 4.57 Å². The van der Waals surface area contributed by atoms with Gasteiger partial charge < -0.3 is 5.11 Å². The molecule has 6 heteroatoms. The predicted octanol–water partition coefficient (Wildman–Crippen LogP) is 4.98. The topological polar surface area (TPSA) is 70.9 Å². The van der Waals surface area contributed by atoms with Crippen molar-refractivity contribution in [3.05, 3.63) is 75.8 Å². The molecule has 0 radical (unpaired) electrons. The zero-order valence-corrected chi connectivity index (χ0v) is 16.5. The highest BCUT2D eigenvalue weighted by molar-refractivity contribution is 7.71. The largest absolute Gasteiger partial charge is 0.478 e. The van der Waals surface area contributed by atoms with E-state index in [2.05, 4.69) is 55.2 Å². The van der Waals surface area contributed by atoms with Crippen LogP contribution in [-0.2, 0) is 6.42 Å². The number of aromatic amines is 1. The quantitative estimate of drug-likeness (QED) is 0.591. The zero-order chi connectivity index (χ0) is 19.6. The molecule has 140 valence electrons. The van der Waals surface area contributed by atoms with E-state index in [0.717, 1.165) is 23.5 Å². The smallest absolute Gasteiger partial charge is 0.335 e. The molecule has 0 spiro atoms. The van der Waals surface area contributed by atoms with Gasteiger partial charge in [0.05, 0.1) is 5.56 Å². The Kier molecular flexibility index (Phi) is 5.56. The number of carbonyl (C=O) groups is 1. The molecule has 0 aliphatic rings. The molecule has 2 N–H and O–H groups in total. The van der Waals surface area contributed by atoms with Gasteiger partial charge in [-0.25, -0.2) is 4.79 Å². The predicted molar refractivity (Wildman–Crippen MR) is 108 cm³/mol.